The Kier molecular flexibility index (Phi) is 3.22. The summed E-state index contributed by atoms with van der Waals surface area (Å²) < 4.78 is 0. The predicted octanol–water partition coefficient (Wildman–Crippen LogP) is 3.74. The van der Waals surface area contributed by atoms with Gasteiger partial charge in [0.25, 0.3) is 0 Å². The van der Waals surface area contributed by atoms with Crippen molar-refractivity contribution in [2.75, 3.05) is 0 Å². The molecule has 0 saturated carbocycles. The first-order valence-electron chi connectivity index (χ1n) is 4.71. The Hall–Kier alpha value is -1.39. The average molecular weight is 250 g/mol. The molecule has 2 nitrogen and oxygen atoms in total. The van der Waals surface area contributed by atoms with Crippen LogP contribution >= 0.6 is 22.7 Å². The van der Waals surface area contributed by atoms with Crippen molar-refractivity contribution in [1.29, 1.82) is 0 Å². The van der Waals surface area contributed by atoms with Crippen LogP contribution in [0.4, 0.5) is 0 Å². The van der Waals surface area contributed by atoms with Gasteiger partial charge in [0.15, 0.2) is 0 Å². The van der Waals surface area contributed by atoms with Gasteiger partial charge in [0.2, 0.25) is 0 Å². The van der Waals surface area contributed by atoms with E-state index in [-0.39, 0.29) is 0 Å². The number of carboxylic acids is 1. The molecule has 2 aromatic heterocycles. The summed E-state index contributed by atoms with van der Waals surface area (Å²) in [6.45, 7) is 2.00. The van der Waals surface area contributed by atoms with Crippen LogP contribution in [0.3, 0.4) is 0 Å². The maximum absolute atomic E-state index is 11.2. The van der Waals surface area contributed by atoms with Gasteiger partial charge in [0.05, 0.1) is 5.57 Å². The summed E-state index contributed by atoms with van der Waals surface area (Å²) in [6.07, 6.45) is 1.73. The molecule has 16 heavy (non-hydrogen) atoms. The third-order valence-corrected chi connectivity index (χ3v) is 3.96. The third kappa shape index (κ3) is 2.40. The topological polar surface area (TPSA) is 37.3 Å². The lowest BCUT2D eigenvalue weighted by Crippen LogP contribution is -1.97. The summed E-state index contributed by atoms with van der Waals surface area (Å²) in [5.41, 5.74) is 1.52. The predicted molar refractivity (Wildman–Crippen MR) is 68.9 cm³/mol. The number of aryl methyl sites for hydroxylation is 1. The second kappa shape index (κ2) is 4.63. The number of aliphatic carboxylic acids is 1. The van der Waals surface area contributed by atoms with Crippen LogP contribution in [-0.2, 0) is 4.79 Å². The van der Waals surface area contributed by atoms with Gasteiger partial charge in [-0.2, -0.15) is 0 Å². The molecular weight excluding hydrogens is 240 g/mol. The summed E-state index contributed by atoms with van der Waals surface area (Å²) in [6, 6.07) is 5.67. The molecule has 0 fully saturated rings. The lowest BCUT2D eigenvalue weighted by Gasteiger charge is -1.97. The highest BCUT2D eigenvalue weighted by Gasteiger charge is 2.11. The molecule has 82 valence electrons. The Morgan fingerprint density at radius 2 is 2.25 bits per heavy atom. The first kappa shape index (κ1) is 11.1. The standard InChI is InChI=1S/C12H10O2S2/c1-8-5-9(16-7-8)6-10(12(13)14)11-3-2-4-15-11/h2-7H,1H3,(H,13,14). The van der Waals surface area contributed by atoms with Gasteiger partial charge >= 0.3 is 5.97 Å². The van der Waals surface area contributed by atoms with Crippen LogP contribution in [0.2, 0.25) is 0 Å². The minimum Gasteiger partial charge on any atom is -0.478 e. The number of carbonyl (C=O) groups is 1. The zero-order chi connectivity index (χ0) is 11.5. The number of hydrogen-bond donors (Lipinski definition) is 1. The van der Waals surface area contributed by atoms with Gasteiger partial charge < -0.3 is 5.11 Å². The molecule has 2 rings (SSSR count). The molecular formula is C12H10O2S2. The van der Waals surface area contributed by atoms with Gasteiger partial charge in [-0.25, -0.2) is 4.79 Å². The zero-order valence-electron chi connectivity index (χ0n) is 8.64. The quantitative estimate of drug-likeness (QED) is 0.842. The van der Waals surface area contributed by atoms with Crippen molar-refractivity contribution in [3.05, 3.63) is 44.3 Å². The molecule has 0 aliphatic carbocycles. The molecule has 0 bridgehead atoms. The summed E-state index contributed by atoms with van der Waals surface area (Å²) in [7, 11) is 0. The van der Waals surface area contributed by atoms with Crippen LogP contribution in [-0.4, -0.2) is 11.1 Å². The van der Waals surface area contributed by atoms with Gasteiger partial charge in [0.1, 0.15) is 0 Å². The minimum absolute atomic E-state index is 0.358. The highest BCUT2D eigenvalue weighted by Crippen LogP contribution is 2.25. The number of carboxylic acid groups (broad SMARTS) is 1. The lowest BCUT2D eigenvalue weighted by atomic mass is 10.2. The molecule has 0 aliphatic rings. The Morgan fingerprint density at radius 3 is 2.75 bits per heavy atom. The maximum atomic E-state index is 11.2. The third-order valence-electron chi connectivity index (χ3n) is 2.05. The first-order chi connectivity index (χ1) is 7.66. The van der Waals surface area contributed by atoms with Crippen molar-refractivity contribution in [2.24, 2.45) is 0 Å². The molecule has 0 aromatic carbocycles. The normalized spacial score (nSPS) is 11.7. The number of thiophene rings is 2. The molecule has 0 aliphatic heterocycles. The van der Waals surface area contributed by atoms with Gasteiger partial charge in [0, 0.05) is 9.75 Å². The summed E-state index contributed by atoms with van der Waals surface area (Å²) in [5.74, 6) is -0.881. The van der Waals surface area contributed by atoms with Crippen LogP contribution in [0.15, 0.2) is 29.0 Å². The van der Waals surface area contributed by atoms with Gasteiger partial charge in [-0.1, -0.05) is 6.07 Å². The second-order valence-electron chi connectivity index (χ2n) is 3.37. The van der Waals surface area contributed by atoms with Crippen LogP contribution in [0.1, 0.15) is 15.3 Å². The van der Waals surface area contributed by atoms with E-state index in [1.165, 1.54) is 11.3 Å². The van der Waals surface area contributed by atoms with Crippen LogP contribution < -0.4 is 0 Å². The molecule has 0 unspecified atom stereocenters. The molecule has 4 heteroatoms. The Bertz CT molecular complexity index is 521. The fourth-order valence-electron chi connectivity index (χ4n) is 1.34. The summed E-state index contributed by atoms with van der Waals surface area (Å²) >= 11 is 3.00. The van der Waals surface area contributed by atoms with E-state index in [9.17, 15) is 4.79 Å². The van der Waals surface area contributed by atoms with Gasteiger partial charge in [-0.15, -0.1) is 22.7 Å². The molecule has 2 aromatic rings. The van der Waals surface area contributed by atoms with E-state index in [0.29, 0.717) is 5.57 Å². The van der Waals surface area contributed by atoms with Crippen molar-refractivity contribution in [2.45, 2.75) is 6.92 Å². The number of rotatable bonds is 3. The van der Waals surface area contributed by atoms with Gasteiger partial charge in [-0.05, 0) is 41.5 Å². The van der Waals surface area contributed by atoms with E-state index in [2.05, 4.69) is 0 Å². The smallest absolute Gasteiger partial charge is 0.337 e. The average Bonchev–Trinajstić information content (AvgIpc) is 2.84. The first-order valence-corrected chi connectivity index (χ1v) is 6.47. The Balaban J connectivity index is 2.41. The van der Waals surface area contributed by atoms with Crippen molar-refractivity contribution < 1.29 is 9.90 Å². The monoisotopic (exact) mass is 250 g/mol. The van der Waals surface area contributed by atoms with Gasteiger partial charge in [-0.3, -0.25) is 0 Å². The summed E-state index contributed by atoms with van der Waals surface area (Å²) in [5, 5.41) is 13.1. The zero-order valence-corrected chi connectivity index (χ0v) is 10.3. The largest absolute Gasteiger partial charge is 0.478 e. The maximum Gasteiger partial charge on any atom is 0.337 e. The van der Waals surface area contributed by atoms with E-state index in [0.717, 1.165) is 15.3 Å². The van der Waals surface area contributed by atoms with E-state index < -0.39 is 5.97 Å². The van der Waals surface area contributed by atoms with Crippen molar-refractivity contribution in [1.82, 2.24) is 0 Å². The van der Waals surface area contributed by atoms with Crippen molar-refractivity contribution in [3.8, 4) is 0 Å². The SMILES string of the molecule is Cc1csc(C=C(C(=O)O)c2cccs2)c1. The van der Waals surface area contributed by atoms with Crippen LogP contribution in [0.25, 0.3) is 11.6 Å². The molecule has 0 spiro atoms. The fourth-order valence-corrected chi connectivity index (χ4v) is 2.91. The lowest BCUT2D eigenvalue weighted by molar-refractivity contribution is -0.130. The highest BCUT2D eigenvalue weighted by molar-refractivity contribution is 7.12. The molecule has 2 heterocycles. The van der Waals surface area contributed by atoms with Crippen molar-refractivity contribution >= 4 is 40.3 Å². The van der Waals surface area contributed by atoms with Crippen LogP contribution in [0.5, 0.6) is 0 Å². The molecule has 1 N–H and O–H groups in total. The van der Waals surface area contributed by atoms with E-state index in [1.807, 2.05) is 35.9 Å². The Labute approximate surface area is 101 Å². The second-order valence-corrected chi connectivity index (χ2v) is 5.26. The minimum atomic E-state index is -0.881. The molecule has 0 saturated heterocycles. The Morgan fingerprint density at radius 1 is 1.44 bits per heavy atom. The molecule has 0 amide bonds. The summed E-state index contributed by atoms with van der Waals surface area (Å²) in [4.78, 5) is 12.9. The van der Waals surface area contributed by atoms with E-state index in [4.69, 9.17) is 5.11 Å². The van der Waals surface area contributed by atoms with Crippen LogP contribution in [0, 0.1) is 6.92 Å². The van der Waals surface area contributed by atoms with E-state index in [1.54, 1.807) is 17.4 Å². The highest BCUT2D eigenvalue weighted by atomic mass is 32.1. The van der Waals surface area contributed by atoms with Crippen molar-refractivity contribution in [3.63, 3.8) is 0 Å². The molecule has 0 atom stereocenters. The van der Waals surface area contributed by atoms with E-state index >= 15 is 0 Å². The molecule has 0 radical (unpaired) electrons. The fraction of sp³-hybridized carbons (Fsp3) is 0.0833. The number of hydrogen-bond acceptors (Lipinski definition) is 3.